The van der Waals surface area contributed by atoms with E-state index in [2.05, 4.69) is 30.2 Å². The molecule has 0 bridgehead atoms. The third-order valence-electron chi connectivity index (χ3n) is 7.41. The number of benzene rings is 1. The van der Waals surface area contributed by atoms with Crippen molar-refractivity contribution >= 4 is 5.91 Å². The number of rotatable bonds is 10. The number of hydrogen-bond donors (Lipinski definition) is 0. The summed E-state index contributed by atoms with van der Waals surface area (Å²) in [6.45, 7) is 3.52. The lowest BCUT2D eigenvalue weighted by Gasteiger charge is -2.34. The van der Waals surface area contributed by atoms with Crippen LogP contribution < -0.4 is 9.47 Å². The molecule has 1 aromatic rings. The van der Waals surface area contributed by atoms with Crippen LogP contribution in [0.3, 0.4) is 0 Å². The van der Waals surface area contributed by atoms with Gasteiger partial charge < -0.3 is 28.7 Å². The molecule has 3 aliphatic rings. The Labute approximate surface area is 209 Å². The van der Waals surface area contributed by atoms with Crippen molar-refractivity contribution in [2.24, 2.45) is 0 Å². The SMILES string of the molecule is COC1=CCC2=C(C=C1OC)CC(=O)N(CCCN(C)CC1Cc3cc(OC)c(OC)cc31)CC2. The molecule has 1 amide bonds. The number of carbonyl (C=O) groups excluding carboxylic acids is 1. The number of amides is 1. The summed E-state index contributed by atoms with van der Waals surface area (Å²) < 4.78 is 21.8. The van der Waals surface area contributed by atoms with E-state index in [4.69, 9.17) is 18.9 Å². The molecule has 2 aliphatic carbocycles. The highest BCUT2D eigenvalue weighted by atomic mass is 16.5. The molecule has 0 radical (unpaired) electrons. The number of carbonyl (C=O) groups is 1. The van der Waals surface area contributed by atoms with E-state index in [9.17, 15) is 4.79 Å². The van der Waals surface area contributed by atoms with Crippen molar-refractivity contribution < 1.29 is 23.7 Å². The Morgan fingerprint density at radius 2 is 1.77 bits per heavy atom. The Kier molecular flexibility index (Phi) is 8.06. The lowest BCUT2D eigenvalue weighted by molar-refractivity contribution is -0.130. The predicted molar refractivity (Wildman–Crippen MR) is 136 cm³/mol. The van der Waals surface area contributed by atoms with Gasteiger partial charge in [-0.3, -0.25) is 4.79 Å². The van der Waals surface area contributed by atoms with Crippen molar-refractivity contribution in [1.29, 1.82) is 0 Å². The van der Waals surface area contributed by atoms with Gasteiger partial charge in [0, 0.05) is 25.6 Å². The Bertz CT molecular complexity index is 1040. The van der Waals surface area contributed by atoms with Crippen molar-refractivity contribution in [3.8, 4) is 11.5 Å². The van der Waals surface area contributed by atoms with Crippen LogP contribution in [0.4, 0.5) is 0 Å². The fourth-order valence-corrected chi connectivity index (χ4v) is 5.37. The monoisotopic (exact) mass is 482 g/mol. The van der Waals surface area contributed by atoms with Gasteiger partial charge in [-0.15, -0.1) is 0 Å². The summed E-state index contributed by atoms with van der Waals surface area (Å²) in [4.78, 5) is 17.4. The molecule has 7 nitrogen and oxygen atoms in total. The van der Waals surface area contributed by atoms with Crippen LogP contribution in [0.1, 0.15) is 42.7 Å². The highest BCUT2D eigenvalue weighted by molar-refractivity contribution is 5.80. The quantitative estimate of drug-likeness (QED) is 0.502. The molecule has 0 saturated heterocycles. The van der Waals surface area contributed by atoms with Crippen LogP contribution in [0, 0.1) is 0 Å². The van der Waals surface area contributed by atoms with E-state index in [-0.39, 0.29) is 5.91 Å². The lowest BCUT2D eigenvalue weighted by Crippen LogP contribution is -2.35. The molecule has 35 heavy (non-hydrogen) atoms. The second kappa shape index (κ2) is 11.2. The average molecular weight is 483 g/mol. The molecule has 1 heterocycles. The zero-order chi connectivity index (χ0) is 24.9. The molecule has 1 unspecified atom stereocenters. The van der Waals surface area contributed by atoms with Crippen LogP contribution in [0.15, 0.2) is 46.9 Å². The second-order valence-corrected chi connectivity index (χ2v) is 9.55. The third-order valence-corrected chi connectivity index (χ3v) is 7.41. The van der Waals surface area contributed by atoms with Crippen molar-refractivity contribution in [3.63, 3.8) is 0 Å². The number of nitrogens with zero attached hydrogens (tertiary/aromatic N) is 2. The van der Waals surface area contributed by atoms with E-state index in [0.29, 0.717) is 18.1 Å². The zero-order valence-corrected chi connectivity index (χ0v) is 21.7. The van der Waals surface area contributed by atoms with Crippen LogP contribution in [-0.4, -0.2) is 77.4 Å². The highest BCUT2D eigenvalue weighted by Crippen LogP contribution is 2.42. The van der Waals surface area contributed by atoms with Crippen LogP contribution >= 0.6 is 0 Å². The van der Waals surface area contributed by atoms with Gasteiger partial charge in [-0.1, -0.05) is 5.57 Å². The Balaban J connectivity index is 1.27. The minimum Gasteiger partial charge on any atom is -0.493 e. The lowest BCUT2D eigenvalue weighted by atomic mass is 9.77. The molecule has 1 aliphatic heterocycles. The Hall–Kier alpha value is -2.93. The molecular formula is C28H38N2O5. The maximum atomic E-state index is 13.0. The van der Waals surface area contributed by atoms with Crippen LogP contribution in [0.5, 0.6) is 11.5 Å². The molecule has 0 aromatic heterocycles. The number of hydrogen-bond acceptors (Lipinski definition) is 6. The van der Waals surface area contributed by atoms with E-state index in [1.165, 1.54) is 16.7 Å². The van der Waals surface area contributed by atoms with Gasteiger partial charge in [0.25, 0.3) is 0 Å². The number of fused-ring (bicyclic) bond motifs is 1. The van der Waals surface area contributed by atoms with Gasteiger partial charge in [0.2, 0.25) is 5.91 Å². The summed E-state index contributed by atoms with van der Waals surface area (Å²) in [5.74, 6) is 3.73. The standard InChI is InChI=1S/C28H38N2O5/c1-29(18-22-13-21-15-26(34-4)27(35-5)17-23(21)22)10-6-11-30-12-9-19-7-8-24(32-2)25(33-3)14-20(19)16-28(30)31/h8,14-15,17,22H,6-7,9-13,16,18H2,1-5H3. The summed E-state index contributed by atoms with van der Waals surface area (Å²) in [7, 11) is 8.82. The summed E-state index contributed by atoms with van der Waals surface area (Å²) in [5.41, 5.74) is 5.08. The van der Waals surface area contributed by atoms with Gasteiger partial charge in [-0.2, -0.15) is 0 Å². The first-order valence-corrected chi connectivity index (χ1v) is 12.4. The maximum absolute atomic E-state index is 13.0. The summed E-state index contributed by atoms with van der Waals surface area (Å²) in [6.07, 6.45) is 8.18. The first kappa shape index (κ1) is 25.2. The molecule has 190 valence electrons. The molecule has 0 saturated carbocycles. The Morgan fingerprint density at radius 3 is 2.49 bits per heavy atom. The molecule has 1 atom stereocenters. The van der Waals surface area contributed by atoms with Crippen molar-refractivity contribution in [2.45, 2.75) is 38.0 Å². The van der Waals surface area contributed by atoms with Gasteiger partial charge in [0.1, 0.15) is 0 Å². The second-order valence-electron chi connectivity index (χ2n) is 9.55. The van der Waals surface area contributed by atoms with Gasteiger partial charge >= 0.3 is 0 Å². The molecule has 4 rings (SSSR count). The largest absolute Gasteiger partial charge is 0.493 e. The predicted octanol–water partition coefficient (Wildman–Crippen LogP) is 4.05. The Morgan fingerprint density at radius 1 is 1.03 bits per heavy atom. The molecule has 7 heteroatoms. The van der Waals surface area contributed by atoms with Crippen LogP contribution in [-0.2, 0) is 20.7 Å². The van der Waals surface area contributed by atoms with E-state index >= 15 is 0 Å². The van der Waals surface area contributed by atoms with Gasteiger partial charge in [-0.05, 0) is 80.3 Å². The number of likely N-dealkylation sites (N-methyl/N-ethyl adjacent to an activating group) is 1. The minimum absolute atomic E-state index is 0.194. The maximum Gasteiger partial charge on any atom is 0.227 e. The zero-order valence-electron chi connectivity index (χ0n) is 21.7. The fourth-order valence-electron chi connectivity index (χ4n) is 5.37. The van der Waals surface area contributed by atoms with E-state index in [0.717, 1.165) is 74.7 Å². The van der Waals surface area contributed by atoms with E-state index in [1.54, 1.807) is 28.4 Å². The highest BCUT2D eigenvalue weighted by Gasteiger charge is 2.29. The molecular weight excluding hydrogens is 444 g/mol. The van der Waals surface area contributed by atoms with Crippen molar-refractivity contribution in [2.75, 3.05) is 61.7 Å². The average Bonchev–Trinajstić information content (AvgIpc) is 3.11. The van der Waals surface area contributed by atoms with Crippen molar-refractivity contribution in [3.05, 3.63) is 58.1 Å². The van der Waals surface area contributed by atoms with Gasteiger partial charge in [0.15, 0.2) is 23.0 Å². The minimum atomic E-state index is 0.194. The smallest absolute Gasteiger partial charge is 0.227 e. The summed E-state index contributed by atoms with van der Waals surface area (Å²) in [5, 5.41) is 0. The third kappa shape index (κ3) is 5.50. The first-order chi connectivity index (χ1) is 17.0. The number of ether oxygens (including phenoxy) is 4. The number of methoxy groups -OCH3 is 4. The van der Waals surface area contributed by atoms with E-state index in [1.807, 2.05) is 11.0 Å². The van der Waals surface area contributed by atoms with E-state index < -0.39 is 0 Å². The number of allylic oxidation sites excluding steroid dienone is 2. The van der Waals surface area contributed by atoms with Crippen LogP contribution in [0.2, 0.25) is 0 Å². The van der Waals surface area contributed by atoms with Gasteiger partial charge in [-0.25, -0.2) is 0 Å². The normalized spacial score (nSPS) is 19.7. The fraction of sp³-hybridized carbons (Fsp3) is 0.536. The molecule has 0 fully saturated rings. The summed E-state index contributed by atoms with van der Waals surface area (Å²) in [6, 6.07) is 4.22. The topological polar surface area (TPSA) is 60.5 Å². The summed E-state index contributed by atoms with van der Waals surface area (Å²) >= 11 is 0. The van der Waals surface area contributed by atoms with Gasteiger partial charge in [0.05, 0.1) is 34.9 Å². The molecule has 0 spiro atoms. The molecule has 0 N–H and O–H groups in total. The molecule has 1 aromatic carbocycles. The van der Waals surface area contributed by atoms with Crippen LogP contribution in [0.25, 0.3) is 0 Å². The van der Waals surface area contributed by atoms with Crippen molar-refractivity contribution in [1.82, 2.24) is 9.80 Å². The first-order valence-electron chi connectivity index (χ1n) is 12.4.